The molecule has 2 heterocycles. The number of hydrogen-bond donors (Lipinski definition) is 2. The van der Waals surface area contributed by atoms with Crippen molar-refractivity contribution in [2.45, 2.75) is 6.92 Å². The van der Waals surface area contributed by atoms with Gasteiger partial charge in [-0.25, -0.2) is 4.98 Å². The first-order valence-electron chi connectivity index (χ1n) is 8.72. The molecule has 2 aromatic carbocycles. The number of nitrogens with two attached hydrogens (primary N) is 1. The fourth-order valence-electron chi connectivity index (χ4n) is 3.28. The number of nitrogens with zero attached hydrogens (tertiary/aromatic N) is 2. The molecule has 4 aromatic rings. The van der Waals surface area contributed by atoms with Gasteiger partial charge in [-0.05, 0) is 43.3 Å². The van der Waals surface area contributed by atoms with Crippen molar-refractivity contribution >= 4 is 28.4 Å². The molecule has 0 saturated heterocycles. The van der Waals surface area contributed by atoms with Crippen LogP contribution in [0.1, 0.15) is 15.9 Å². The summed E-state index contributed by atoms with van der Waals surface area (Å²) in [6.45, 7) is 1.95. The smallest absolute Gasteiger partial charge is 0.256 e. The molecule has 3 N–H and O–H groups in total. The third-order valence-corrected chi connectivity index (χ3v) is 4.67. The van der Waals surface area contributed by atoms with Crippen molar-refractivity contribution in [2.75, 3.05) is 11.1 Å². The third kappa shape index (κ3) is 3.15. The summed E-state index contributed by atoms with van der Waals surface area (Å²) in [6.07, 6.45) is 0. The summed E-state index contributed by atoms with van der Waals surface area (Å²) in [5, 5.41) is 3.95. The van der Waals surface area contributed by atoms with Crippen LogP contribution in [0, 0.1) is 6.92 Å². The van der Waals surface area contributed by atoms with Crippen molar-refractivity contribution in [3.8, 4) is 11.3 Å². The Kier molecular flexibility index (Phi) is 4.12. The fraction of sp³-hybridized carbons (Fsp3) is 0.0909. The maximum Gasteiger partial charge on any atom is 0.256 e. The highest BCUT2D eigenvalue weighted by molar-refractivity contribution is 6.04. The molecule has 0 aliphatic carbocycles. The molecule has 0 aliphatic heterocycles. The van der Waals surface area contributed by atoms with Crippen molar-refractivity contribution in [1.82, 2.24) is 9.55 Å². The Labute approximate surface area is 157 Å². The zero-order chi connectivity index (χ0) is 19.0. The van der Waals surface area contributed by atoms with Gasteiger partial charge >= 0.3 is 0 Å². The lowest BCUT2D eigenvalue weighted by Crippen LogP contribution is -2.13. The van der Waals surface area contributed by atoms with Gasteiger partial charge in [0.05, 0.1) is 5.69 Å². The molecule has 0 spiro atoms. The number of pyridine rings is 1. The molecule has 0 saturated carbocycles. The van der Waals surface area contributed by atoms with Crippen molar-refractivity contribution in [1.29, 1.82) is 0 Å². The molecule has 0 bridgehead atoms. The molecule has 5 heteroatoms. The average molecular weight is 356 g/mol. The molecule has 0 aliphatic rings. The second-order valence-corrected chi connectivity index (χ2v) is 6.60. The van der Waals surface area contributed by atoms with Crippen LogP contribution < -0.4 is 11.1 Å². The number of fused-ring (bicyclic) bond motifs is 1. The van der Waals surface area contributed by atoms with E-state index in [0.29, 0.717) is 17.2 Å². The molecule has 5 nitrogen and oxygen atoms in total. The minimum Gasteiger partial charge on any atom is -0.383 e. The first-order valence-corrected chi connectivity index (χ1v) is 8.72. The largest absolute Gasteiger partial charge is 0.383 e. The predicted molar refractivity (Wildman–Crippen MR) is 110 cm³/mol. The van der Waals surface area contributed by atoms with Gasteiger partial charge in [0.2, 0.25) is 0 Å². The van der Waals surface area contributed by atoms with Crippen LogP contribution in [-0.2, 0) is 7.05 Å². The van der Waals surface area contributed by atoms with Gasteiger partial charge in [-0.2, -0.15) is 0 Å². The second-order valence-electron chi connectivity index (χ2n) is 6.60. The lowest BCUT2D eigenvalue weighted by Gasteiger charge is -2.10. The quantitative estimate of drug-likeness (QED) is 0.572. The number of para-hydroxylation sites is 1. The monoisotopic (exact) mass is 356 g/mol. The van der Waals surface area contributed by atoms with E-state index in [4.69, 9.17) is 5.73 Å². The number of nitrogen functional groups attached to an aromatic ring is 1. The van der Waals surface area contributed by atoms with E-state index in [0.717, 1.165) is 27.7 Å². The van der Waals surface area contributed by atoms with E-state index in [1.807, 2.05) is 50.4 Å². The van der Waals surface area contributed by atoms with Crippen LogP contribution in [0.4, 0.5) is 11.6 Å². The van der Waals surface area contributed by atoms with Gasteiger partial charge in [0.25, 0.3) is 5.91 Å². The first kappa shape index (κ1) is 16.8. The number of nitrogens with one attached hydrogen (secondary N) is 1. The number of anilines is 2. The van der Waals surface area contributed by atoms with Gasteiger partial charge in [-0.15, -0.1) is 0 Å². The Bertz CT molecular complexity index is 1160. The maximum atomic E-state index is 12.4. The zero-order valence-corrected chi connectivity index (χ0v) is 15.2. The summed E-state index contributed by atoms with van der Waals surface area (Å²) in [4.78, 5) is 16.8. The highest BCUT2D eigenvalue weighted by atomic mass is 16.1. The van der Waals surface area contributed by atoms with Crippen molar-refractivity contribution in [3.63, 3.8) is 0 Å². The summed E-state index contributed by atoms with van der Waals surface area (Å²) >= 11 is 0. The number of hydrogen-bond acceptors (Lipinski definition) is 3. The summed E-state index contributed by atoms with van der Waals surface area (Å²) in [5.41, 5.74) is 10.8. The van der Waals surface area contributed by atoms with Crippen LogP contribution >= 0.6 is 0 Å². The number of aromatic nitrogens is 2. The van der Waals surface area contributed by atoms with Crippen LogP contribution in [0.5, 0.6) is 0 Å². The normalized spacial score (nSPS) is 10.9. The molecule has 0 radical (unpaired) electrons. The lowest BCUT2D eigenvalue weighted by atomic mass is 10.1. The van der Waals surface area contributed by atoms with E-state index in [2.05, 4.69) is 33.1 Å². The number of carbonyl (C=O) groups is 1. The van der Waals surface area contributed by atoms with Gasteiger partial charge < -0.3 is 15.6 Å². The van der Waals surface area contributed by atoms with E-state index in [1.54, 1.807) is 12.1 Å². The van der Waals surface area contributed by atoms with Gasteiger partial charge in [-0.1, -0.05) is 35.9 Å². The number of rotatable bonds is 3. The molecular weight excluding hydrogens is 336 g/mol. The van der Waals surface area contributed by atoms with E-state index in [1.165, 1.54) is 0 Å². The second kappa shape index (κ2) is 6.61. The van der Waals surface area contributed by atoms with Crippen molar-refractivity contribution in [2.24, 2.45) is 7.05 Å². The summed E-state index contributed by atoms with van der Waals surface area (Å²) in [6, 6.07) is 21.3. The molecule has 0 unspecified atom stereocenters. The minimum atomic E-state index is -0.206. The first-order chi connectivity index (χ1) is 13.0. The highest BCUT2D eigenvalue weighted by Gasteiger charge is 2.13. The van der Waals surface area contributed by atoms with Crippen LogP contribution in [0.25, 0.3) is 22.2 Å². The Morgan fingerprint density at radius 1 is 1.04 bits per heavy atom. The van der Waals surface area contributed by atoms with Crippen molar-refractivity contribution in [3.05, 3.63) is 77.9 Å². The topological polar surface area (TPSA) is 72.9 Å². The Morgan fingerprint density at radius 2 is 1.85 bits per heavy atom. The van der Waals surface area contributed by atoms with Crippen LogP contribution in [0.2, 0.25) is 0 Å². The van der Waals surface area contributed by atoms with Crippen molar-refractivity contribution < 1.29 is 4.79 Å². The van der Waals surface area contributed by atoms with E-state index < -0.39 is 0 Å². The molecule has 1 amide bonds. The van der Waals surface area contributed by atoms with Gasteiger partial charge in [0.15, 0.2) is 0 Å². The molecular formula is C22H20N4O. The lowest BCUT2D eigenvalue weighted by molar-refractivity contribution is 0.102. The predicted octanol–water partition coefficient (Wildman–Crippen LogP) is 4.38. The molecule has 0 atom stereocenters. The Hall–Kier alpha value is -3.60. The zero-order valence-electron chi connectivity index (χ0n) is 15.2. The van der Waals surface area contributed by atoms with Crippen LogP contribution in [0.3, 0.4) is 0 Å². The Balaban J connectivity index is 1.64. The van der Waals surface area contributed by atoms with Crippen LogP contribution in [0.15, 0.2) is 66.7 Å². The summed E-state index contributed by atoms with van der Waals surface area (Å²) < 4.78 is 2.09. The molecule has 4 rings (SSSR count). The van der Waals surface area contributed by atoms with E-state index in [9.17, 15) is 4.79 Å². The molecule has 2 aromatic heterocycles. The number of carbonyl (C=O) groups excluding carboxylic acids is 1. The van der Waals surface area contributed by atoms with Gasteiger partial charge in [0.1, 0.15) is 11.6 Å². The molecule has 134 valence electrons. The highest BCUT2D eigenvalue weighted by Crippen LogP contribution is 2.31. The number of amides is 1. The summed E-state index contributed by atoms with van der Waals surface area (Å²) in [7, 11) is 2.00. The summed E-state index contributed by atoms with van der Waals surface area (Å²) in [5.74, 6) is 0.604. The molecule has 27 heavy (non-hydrogen) atoms. The average Bonchev–Trinajstić information content (AvgIpc) is 2.99. The van der Waals surface area contributed by atoms with E-state index in [-0.39, 0.29) is 5.91 Å². The molecule has 0 fully saturated rings. The SMILES string of the molecule is Cc1cccc(C(=O)Nc2ccc(-c3cc4ccccc4n3C)c(N)n2)c1. The van der Waals surface area contributed by atoms with Gasteiger partial charge in [-0.3, -0.25) is 4.79 Å². The maximum absolute atomic E-state index is 12.4. The minimum absolute atomic E-state index is 0.206. The van der Waals surface area contributed by atoms with Crippen LogP contribution in [-0.4, -0.2) is 15.5 Å². The van der Waals surface area contributed by atoms with Gasteiger partial charge in [0, 0.05) is 29.1 Å². The third-order valence-electron chi connectivity index (χ3n) is 4.67. The van der Waals surface area contributed by atoms with E-state index >= 15 is 0 Å². The number of aryl methyl sites for hydroxylation is 2. The Morgan fingerprint density at radius 3 is 2.59 bits per heavy atom. The fourth-order valence-corrected chi connectivity index (χ4v) is 3.28. The number of benzene rings is 2. The standard InChI is InChI=1S/C22H20N4O/c1-14-6-5-8-16(12-14)22(27)25-20-11-10-17(21(23)24-20)19-13-15-7-3-4-9-18(15)26(19)2/h3-13H,1-2H3,(H3,23,24,25,27).